The molecule has 0 atom stereocenters. The third-order valence-corrected chi connectivity index (χ3v) is 3.61. The molecular weight excluding hydrogens is 300 g/mol. The van der Waals surface area contributed by atoms with Gasteiger partial charge in [-0.15, -0.1) is 0 Å². The molecule has 3 heteroatoms. The summed E-state index contributed by atoms with van der Waals surface area (Å²) in [6.07, 6.45) is 0. The van der Waals surface area contributed by atoms with Crippen LogP contribution >= 0.6 is 15.9 Å². The summed E-state index contributed by atoms with van der Waals surface area (Å²) in [5, 5.41) is 0. The van der Waals surface area contributed by atoms with Crippen molar-refractivity contribution in [2.24, 2.45) is 5.73 Å². The zero-order chi connectivity index (χ0) is 13.7. The molecule has 0 bridgehead atoms. The fraction of sp³-hybridized carbons (Fsp3) is 0.250. The van der Waals surface area contributed by atoms with Crippen LogP contribution in [0.5, 0.6) is 0 Å². The molecule has 0 heterocycles. The molecule has 2 aromatic carbocycles. The normalized spacial score (nSPS) is 10.9. The molecule has 0 aliphatic rings. The summed E-state index contributed by atoms with van der Waals surface area (Å²) in [6.45, 7) is 2.50. The highest BCUT2D eigenvalue weighted by Crippen LogP contribution is 2.13. The Morgan fingerprint density at radius 1 is 0.842 bits per heavy atom. The van der Waals surface area contributed by atoms with Gasteiger partial charge in [0.2, 0.25) is 0 Å². The van der Waals surface area contributed by atoms with Crippen molar-refractivity contribution in [2.75, 3.05) is 7.05 Å². The lowest BCUT2D eigenvalue weighted by Gasteiger charge is -2.17. The summed E-state index contributed by atoms with van der Waals surface area (Å²) < 4.78 is 1.12. The summed E-state index contributed by atoms with van der Waals surface area (Å²) >= 11 is 3.46. The molecule has 2 N–H and O–H groups in total. The molecule has 0 aromatic heterocycles. The predicted molar refractivity (Wildman–Crippen MR) is 83.6 cm³/mol. The second kappa shape index (κ2) is 6.85. The van der Waals surface area contributed by atoms with E-state index in [9.17, 15) is 0 Å². The molecule has 0 aliphatic carbocycles. The summed E-state index contributed by atoms with van der Waals surface area (Å²) in [5.41, 5.74) is 9.42. The van der Waals surface area contributed by atoms with Crippen LogP contribution in [0.3, 0.4) is 0 Å². The molecule has 0 unspecified atom stereocenters. The van der Waals surface area contributed by atoms with Crippen molar-refractivity contribution in [3.63, 3.8) is 0 Å². The third-order valence-electron chi connectivity index (χ3n) is 3.08. The molecule has 0 saturated heterocycles. The van der Waals surface area contributed by atoms with Gasteiger partial charge in [-0.25, -0.2) is 0 Å². The zero-order valence-electron chi connectivity index (χ0n) is 11.1. The van der Waals surface area contributed by atoms with Crippen LogP contribution in [0.2, 0.25) is 0 Å². The van der Waals surface area contributed by atoms with E-state index in [1.54, 1.807) is 0 Å². The van der Waals surface area contributed by atoms with Crippen LogP contribution in [0.1, 0.15) is 16.7 Å². The van der Waals surface area contributed by atoms with Crippen LogP contribution in [-0.2, 0) is 19.6 Å². The second-order valence-corrected chi connectivity index (χ2v) is 5.74. The SMILES string of the molecule is CN(Cc1ccc(Br)cc1)Cc1ccc(CN)cc1. The predicted octanol–water partition coefficient (Wildman–Crippen LogP) is 3.54. The van der Waals surface area contributed by atoms with Crippen molar-refractivity contribution in [2.45, 2.75) is 19.6 Å². The first-order valence-electron chi connectivity index (χ1n) is 6.38. The molecule has 0 saturated carbocycles. The van der Waals surface area contributed by atoms with E-state index in [0.29, 0.717) is 6.54 Å². The lowest BCUT2D eigenvalue weighted by molar-refractivity contribution is 0.319. The van der Waals surface area contributed by atoms with Gasteiger partial charge in [0.15, 0.2) is 0 Å². The lowest BCUT2D eigenvalue weighted by atomic mass is 10.1. The van der Waals surface area contributed by atoms with E-state index in [4.69, 9.17) is 5.73 Å². The molecule has 0 fully saturated rings. The average Bonchev–Trinajstić information content (AvgIpc) is 2.42. The monoisotopic (exact) mass is 318 g/mol. The van der Waals surface area contributed by atoms with Crippen molar-refractivity contribution in [3.05, 3.63) is 69.7 Å². The van der Waals surface area contributed by atoms with Gasteiger partial charge in [0.05, 0.1) is 0 Å². The van der Waals surface area contributed by atoms with Crippen LogP contribution in [0.25, 0.3) is 0 Å². The Bertz CT molecular complexity index is 505. The van der Waals surface area contributed by atoms with Gasteiger partial charge >= 0.3 is 0 Å². The molecule has 19 heavy (non-hydrogen) atoms. The summed E-state index contributed by atoms with van der Waals surface area (Å²) in [7, 11) is 2.14. The van der Waals surface area contributed by atoms with Gasteiger partial charge in [-0.3, -0.25) is 4.90 Å². The zero-order valence-corrected chi connectivity index (χ0v) is 12.7. The Labute approximate surface area is 123 Å². The quantitative estimate of drug-likeness (QED) is 0.913. The minimum Gasteiger partial charge on any atom is -0.326 e. The minimum absolute atomic E-state index is 0.606. The van der Waals surface area contributed by atoms with E-state index in [1.807, 2.05) is 0 Å². The van der Waals surface area contributed by atoms with Crippen LogP contribution in [0.4, 0.5) is 0 Å². The summed E-state index contributed by atoms with van der Waals surface area (Å²) in [4.78, 5) is 2.31. The Hall–Kier alpha value is -1.16. The van der Waals surface area contributed by atoms with Crippen molar-refractivity contribution in [1.82, 2.24) is 4.90 Å². The van der Waals surface area contributed by atoms with E-state index in [1.165, 1.54) is 16.7 Å². The van der Waals surface area contributed by atoms with E-state index < -0.39 is 0 Å². The minimum atomic E-state index is 0.606. The Morgan fingerprint density at radius 3 is 1.74 bits per heavy atom. The van der Waals surface area contributed by atoms with Crippen molar-refractivity contribution in [1.29, 1.82) is 0 Å². The number of hydrogen-bond acceptors (Lipinski definition) is 2. The van der Waals surface area contributed by atoms with Crippen molar-refractivity contribution >= 4 is 15.9 Å². The van der Waals surface area contributed by atoms with Gasteiger partial charge < -0.3 is 5.73 Å². The number of benzene rings is 2. The van der Waals surface area contributed by atoms with Gasteiger partial charge in [-0.2, -0.15) is 0 Å². The van der Waals surface area contributed by atoms with Gasteiger partial charge in [0, 0.05) is 24.1 Å². The fourth-order valence-electron chi connectivity index (χ4n) is 2.05. The third kappa shape index (κ3) is 4.46. The number of nitrogens with two attached hydrogens (primary N) is 1. The number of nitrogens with zero attached hydrogens (tertiary/aromatic N) is 1. The number of hydrogen-bond donors (Lipinski definition) is 1. The Kier molecular flexibility index (Phi) is 5.14. The van der Waals surface area contributed by atoms with Gasteiger partial charge in [0.25, 0.3) is 0 Å². The molecule has 2 nitrogen and oxygen atoms in total. The highest BCUT2D eigenvalue weighted by molar-refractivity contribution is 9.10. The first-order valence-corrected chi connectivity index (χ1v) is 7.17. The number of rotatable bonds is 5. The topological polar surface area (TPSA) is 29.3 Å². The highest BCUT2D eigenvalue weighted by atomic mass is 79.9. The van der Waals surface area contributed by atoms with E-state index in [0.717, 1.165) is 17.6 Å². The molecule has 0 amide bonds. The van der Waals surface area contributed by atoms with Crippen LogP contribution in [0.15, 0.2) is 53.0 Å². The van der Waals surface area contributed by atoms with Crippen LogP contribution in [-0.4, -0.2) is 11.9 Å². The molecule has 2 aromatic rings. The lowest BCUT2D eigenvalue weighted by Crippen LogP contribution is -2.17. The van der Waals surface area contributed by atoms with Gasteiger partial charge in [-0.05, 0) is 35.9 Å². The standard InChI is InChI=1S/C16H19BrN2/c1-19(12-15-6-8-16(17)9-7-15)11-14-4-2-13(10-18)3-5-14/h2-9H,10-12,18H2,1H3. The molecule has 2 rings (SSSR count). The fourth-order valence-corrected chi connectivity index (χ4v) is 2.31. The highest BCUT2D eigenvalue weighted by Gasteiger charge is 2.02. The molecule has 0 aliphatic heterocycles. The van der Waals surface area contributed by atoms with Crippen molar-refractivity contribution < 1.29 is 0 Å². The molecule has 0 radical (unpaired) electrons. The maximum absolute atomic E-state index is 5.60. The average molecular weight is 319 g/mol. The molecule has 100 valence electrons. The summed E-state index contributed by atoms with van der Waals surface area (Å²) in [6, 6.07) is 17.0. The Morgan fingerprint density at radius 2 is 1.26 bits per heavy atom. The first-order chi connectivity index (χ1) is 9.17. The van der Waals surface area contributed by atoms with Crippen LogP contribution in [0, 0.1) is 0 Å². The molecule has 0 spiro atoms. The second-order valence-electron chi connectivity index (χ2n) is 4.82. The van der Waals surface area contributed by atoms with Gasteiger partial charge in [-0.1, -0.05) is 52.3 Å². The smallest absolute Gasteiger partial charge is 0.0234 e. The van der Waals surface area contributed by atoms with E-state index in [-0.39, 0.29) is 0 Å². The van der Waals surface area contributed by atoms with E-state index in [2.05, 4.69) is 76.4 Å². The van der Waals surface area contributed by atoms with Crippen molar-refractivity contribution in [3.8, 4) is 0 Å². The maximum atomic E-state index is 5.60. The van der Waals surface area contributed by atoms with Gasteiger partial charge in [0.1, 0.15) is 0 Å². The van der Waals surface area contributed by atoms with E-state index >= 15 is 0 Å². The molecular formula is C16H19BrN2. The maximum Gasteiger partial charge on any atom is 0.0234 e. The number of halogens is 1. The first kappa shape index (κ1) is 14.3. The van der Waals surface area contributed by atoms with Crippen LogP contribution < -0.4 is 5.73 Å². The Balaban J connectivity index is 1.92. The largest absolute Gasteiger partial charge is 0.326 e. The summed E-state index contributed by atoms with van der Waals surface area (Å²) in [5.74, 6) is 0.